The van der Waals surface area contributed by atoms with E-state index in [1.165, 1.54) is 0 Å². The number of halogens is 1. The highest BCUT2D eigenvalue weighted by Crippen LogP contribution is 2.32. The third-order valence-corrected chi connectivity index (χ3v) is 5.08. The summed E-state index contributed by atoms with van der Waals surface area (Å²) >= 11 is 7.38. The SMILES string of the molecule is CCCC1SCC(C(=O)O)N1C(=O)Cc1ccc(Cl)cc1. The van der Waals surface area contributed by atoms with Gasteiger partial charge in [0.2, 0.25) is 5.91 Å². The maximum Gasteiger partial charge on any atom is 0.327 e. The van der Waals surface area contributed by atoms with Crippen molar-refractivity contribution in [3.63, 3.8) is 0 Å². The van der Waals surface area contributed by atoms with E-state index in [2.05, 4.69) is 0 Å². The Morgan fingerprint density at radius 3 is 2.62 bits per heavy atom. The van der Waals surface area contributed by atoms with E-state index in [0.29, 0.717) is 10.8 Å². The fraction of sp³-hybridized carbons (Fsp3) is 0.467. The van der Waals surface area contributed by atoms with Gasteiger partial charge in [0, 0.05) is 10.8 Å². The normalized spacial score (nSPS) is 21.5. The van der Waals surface area contributed by atoms with Crippen molar-refractivity contribution in [1.29, 1.82) is 0 Å². The zero-order chi connectivity index (χ0) is 15.4. The first-order chi connectivity index (χ1) is 10.0. The number of thioether (sulfide) groups is 1. The molecule has 1 aliphatic rings. The summed E-state index contributed by atoms with van der Waals surface area (Å²) in [5.74, 6) is -0.592. The van der Waals surface area contributed by atoms with Gasteiger partial charge >= 0.3 is 5.97 Å². The summed E-state index contributed by atoms with van der Waals surface area (Å²) in [5.41, 5.74) is 0.848. The summed E-state index contributed by atoms with van der Waals surface area (Å²) in [4.78, 5) is 25.4. The molecule has 2 atom stereocenters. The van der Waals surface area contributed by atoms with Gasteiger partial charge in [-0.3, -0.25) is 4.79 Å². The molecule has 2 unspecified atom stereocenters. The zero-order valence-electron chi connectivity index (χ0n) is 11.8. The molecule has 0 spiro atoms. The highest BCUT2D eigenvalue weighted by molar-refractivity contribution is 8.00. The first-order valence-corrected chi connectivity index (χ1v) is 8.35. The first kappa shape index (κ1) is 16.2. The number of aliphatic carboxylic acids is 1. The number of hydrogen-bond donors (Lipinski definition) is 1. The fourth-order valence-corrected chi connectivity index (χ4v) is 4.09. The van der Waals surface area contributed by atoms with Gasteiger partial charge in [-0.05, 0) is 24.1 Å². The average Bonchev–Trinajstić information content (AvgIpc) is 2.86. The molecule has 1 aromatic rings. The Morgan fingerprint density at radius 1 is 1.38 bits per heavy atom. The Balaban J connectivity index is 2.12. The number of carboxylic acids is 1. The second kappa shape index (κ2) is 7.18. The Morgan fingerprint density at radius 2 is 2.05 bits per heavy atom. The lowest BCUT2D eigenvalue weighted by Crippen LogP contribution is -2.46. The van der Waals surface area contributed by atoms with E-state index in [1.807, 2.05) is 6.92 Å². The Kier molecular flexibility index (Phi) is 5.53. The van der Waals surface area contributed by atoms with Gasteiger partial charge in [0.25, 0.3) is 0 Å². The van der Waals surface area contributed by atoms with Crippen LogP contribution in [0.2, 0.25) is 5.02 Å². The molecule has 0 aliphatic carbocycles. The second-order valence-electron chi connectivity index (χ2n) is 5.03. The first-order valence-electron chi connectivity index (χ1n) is 6.93. The van der Waals surface area contributed by atoms with Crippen LogP contribution in [0.15, 0.2) is 24.3 Å². The van der Waals surface area contributed by atoms with Crippen LogP contribution in [-0.2, 0) is 16.0 Å². The maximum absolute atomic E-state index is 12.5. The molecular weight excluding hydrogens is 310 g/mol. The number of rotatable bonds is 5. The van der Waals surface area contributed by atoms with Crippen molar-refractivity contribution in [2.24, 2.45) is 0 Å². The van der Waals surface area contributed by atoms with Crippen LogP contribution < -0.4 is 0 Å². The van der Waals surface area contributed by atoms with Crippen LogP contribution in [0.1, 0.15) is 25.3 Å². The summed E-state index contributed by atoms with van der Waals surface area (Å²) < 4.78 is 0. The maximum atomic E-state index is 12.5. The number of carbonyl (C=O) groups excluding carboxylic acids is 1. The Labute approximate surface area is 133 Å². The van der Waals surface area contributed by atoms with Gasteiger partial charge in [0.05, 0.1) is 11.8 Å². The summed E-state index contributed by atoms with van der Waals surface area (Å²) in [5, 5.41) is 9.89. The molecule has 1 fully saturated rings. The van der Waals surface area contributed by atoms with E-state index in [4.69, 9.17) is 11.6 Å². The van der Waals surface area contributed by atoms with E-state index < -0.39 is 12.0 Å². The lowest BCUT2D eigenvalue weighted by Gasteiger charge is -2.27. The van der Waals surface area contributed by atoms with Crippen molar-refractivity contribution >= 4 is 35.2 Å². The number of amides is 1. The Bertz CT molecular complexity index is 520. The van der Waals surface area contributed by atoms with Gasteiger partial charge in [-0.25, -0.2) is 4.79 Å². The van der Waals surface area contributed by atoms with Crippen LogP contribution in [0.3, 0.4) is 0 Å². The van der Waals surface area contributed by atoms with Gasteiger partial charge in [0.1, 0.15) is 6.04 Å². The van der Waals surface area contributed by atoms with Gasteiger partial charge in [-0.2, -0.15) is 0 Å². The number of carboxylic acid groups (broad SMARTS) is 1. The van der Waals surface area contributed by atoms with E-state index in [-0.39, 0.29) is 17.7 Å². The van der Waals surface area contributed by atoms with E-state index >= 15 is 0 Å². The van der Waals surface area contributed by atoms with Gasteiger partial charge in [0.15, 0.2) is 0 Å². The molecule has 0 bridgehead atoms. The van der Waals surface area contributed by atoms with Crippen molar-refractivity contribution in [3.8, 4) is 0 Å². The minimum absolute atomic E-state index is 0.0316. The topological polar surface area (TPSA) is 57.6 Å². The van der Waals surface area contributed by atoms with Gasteiger partial charge in [-0.1, -0.05) is 37.1 Å². The molecule has 1 N–H and O–H groups in total. The molecule has 6 heteroatoms. The summed E-state index contributed by atoms with van der Waals surface area (Å²) in [6.45, 7) is 2.04. The molecule has 1 aromatic carbocycles. The molecule has 1 saturated heterocycles. The molecule has 114 valence electrons. The van der Waals surface area contributed by atoms with Crippen LogP contribution in [0.25, 0.3) is 0 Å². The van der Waals surface area contributed by atoms with E-state index in [9.17, 15) is 14.7 Å². The van der Waals surface area contributed by atoms with Crippen molar-refractivity contribution in [2.45, 2.75) is 37.6 Å². The minimum Gasteiger partial charge on any atom is -0.480 e. The molecule has 21 heavy (non-hydrogen) atoms. The van der Waals surface area contributed by atoms with Crippen molar-refractivity contribution in [1.82, 2.24) is 4.90 Å². The summed E-state index contributed by atoms with van der Waals surface area (Å²) in [6.07, 6.45) is 1.96. The van der Waals surface area contributed by atoms with Gasteiger partial charge in [-0.15, -0.1) is 11.8 Å². The van der Waals surface area contributed by atoms with Crippen LogP contribution in [-0.4, -0.2) is 39.1 Å². The smallest absolute Gasteiger partial charge is 0.327 e. The van der Waals surface area contributed by atoms with Crippen LogP contribution >= 0.6 is 23.4 Å². The molecular formula is C15H18ClNO3S. The van der Waals surface area contributed by atoms with E-state index in [1.54, 1.807) is 40.9 Å². The quantitative estimate of drug-likeness (QED) is 0.903. The second-order valence-corrected chi connectivity index (χ2v) is 6.68. The zero-order valence-corrected chi connectivity index (χ0v) is 13.4. The highest BCUT2D eigenvalue weighted by Gasteiger charge is 2.40. The monoisotopic (exact) mass is 327 g/mol. The molecule has 1 aliphatic heterocycles. The predicted octanol–water partition coefficient (Wildman–Crippen LogP) is 3.04. The lowest BCUT2D eigenvalue weighted by atomic mass is 10.1. The lowest BCUT2D eigenvalue weighted by molar-refractivity contribution is -0.148. The minimum atomic E-state index is -0.925. The number of benzene rings is 1. The molecule has 0 aromatic heterocycles. The van der Waals surface area contributed by atoms with Crippen molar-refractivity contribution in [3.05, 3.63) is 34.9 Å². The molecule has 0 saturated carbocycles. The molecule has 1 heterocycles. The standard InChI is InChI=1S/C15H18ClNO3S/c1-2-3-14-17(12(9-21-14)15(19)20)13(18)8-10-4-6-11(16)7-5-10/h4-7,12,14H,2-3,8-9H2,1H3,(H,19,20). The summed E-state index contributed by atoms with van der Waals surface area (Å²) in [7, 11) is 0. The molecule has 4 nitrogen and oxygen atoms in total. The molecule has 0 radical (unpaired) electrons. The average molecular weight is 328 g/mol. The van der Waals surface area contributed by atoms with Crippen LogP contribution in [0.5, 0.6) is 0 Å². The fourth-order valence-electron chi connectivity index (χ4n) is 2.43. The van der Waals surface area contributed by atoms with Gasteiger partial charge < -0.3 is 10.0 Å². The number of hydrogen-bond acceptors (Lipinski definition) is 3. The van der Waals surface area contributed by atoms with Crippen LogP contribution in [0, 0.1) is 0 Å². The third kappa shape index (κ3) is 3.92. The predicted molar refractivity (Wildman–Crippen MR) is 84.6 cm³/mol. The largest absolute Gasteiger partial charge is 0.480 e. The molecule has 1 amide bonds. The summed E-state index contributed by atoms with van der Waals surface area (Å²) in [6, 6.07) is 6.36. The van der Waals surface area contributed by atoms with Crippen molar-refractivity contribution in [2.75, 3.05) is 5.75 Å². The van der Waals surface area contributed by atoms with Crippen molar-refractivity contribution < 1.29 is 14.7 Å². The number of nitrogens with zero attached hydrogens (tertiary/aromatic N) is 1. The number of carbonyl (C=O) groups is 2. The highest BCUT2D eigenvalue weighted by atomic mass is 35.5. The molecule has 2 rings (SSSR count). The third-order valence-electron chi connectivity index (χ3n) is 3.47. The van der Waals surface area contributed by atoms with Crippen LogP contribution in [0.4, 0.5) is 0 Å². The van der Waals surface area contributed by atoms with E-state index in [0.717, 1.165) is 18.4 Å². The Hall–Kier alpha value is -1.20.